The zero-order valence-electron chi connectivity index (χ0n) is 24.8. The summed E-state index contributed by atoms with van der Waals surface area (Å²) in [6, 6.07) is 34.2. The maximum absolute atomic E-state index is 13.1. The second-order valence-corrected chi connectivity index (χ2v) is 10.2. The van der Waals surface area contributed by atoms with Crippen molar-refractivity contribution in [2.45, 2.75) is 19.5 Å². The SMILES string of the molecule is N=C(N=NN)c1ccccc1-c1cc(NC(=O)Nc2ccc(OC(F)(F)F)cc2)cc(N(Cc2ccccc2)Cc2ccccc2)n1. The molecule has 238 valence electrons. The molecule has 0 saturated heterocycles. The van der Waals surface area contributed by atoms with E-state index in [4.69, 9.17) is 16.2 Å². The number of rotatable bonds is 10. The Labute approximate surface area is 268 Å². The molecular formula is C34H29F3N8O2. The van der Waals surface area contributed by atoms with E-state index in [1.54, 1.807) is 36.4 Å². The molecule has 1 heterocycles. The maximum atomic E-state index is 13.1. The quantitative estimate of drug-likeness (QED) is 0.0402. The van der Waals surface area contributed by atoms with Crippen LogP contribution >= 0.6 is 0 Å². The number of nitrogens with one attached hydrogen (secondary N) is 3. The van der Waals surface area contributed by atoms with Crippen LogP contribution in [0.15, 0.2) is 132 Å². The van der Waals surface area contributed by atoms with E-state index in [0.29, 0.717) is 41.4 Å². The van der Waals surface area contributed by atoms with Gasteiger partial charge >= 0.3 is 12.4 Å². The summed E-state index contributed by atoms with van der Waals surface area (Å²) in [6.07, 6.45) is -4.83. The number of amidine groups is 1. The second kappa shape index (κ2) is 14.7. The summed E-state index contributed by atoms with van der Waals surface area (Å²) in [5.74, 6) is 5.17. The van der Waals surface area contributed by atoms with E-state index in [9.17, 15) is 18.0 Å². The Hall–Kier alpha value is -6.24. The average molecular weight is 639 g/mol. The van der Waals surface area contributed by atoms with Crippen molar-refractivity contribution in [2.75, 3.05) is 15.5 Å². The minimum atomic E-state index is -4.83. The summed E-state index contributed by atoms with van der Waals surface area (Å²) in [4.78, 5) is 20.2. The molecule has 0 aliphatic heterocycles. The van der Waals surface area contributed by atoms with Gasteiger partial charge in [0.25, 0.3) is 0 Å². The number of urea groups is 1. The van der Waals surface area contributed by atoms with Gasteiger partial charge in [-0.2, -0.15) is 0 Å². The number of aromatic nitrogens is 1. The Morgan fingerprint density at radius 3 is 1.98 bits per heavy atom. The normalized spacial score (nSPS) is 11.2. The smallest absolute Gasteiger partial charge is 0.406 e. The number of nitrogens with two attached hydrogens (primary N) is 1. The first-order chi connectivity index (χ1) is 22.7. The van der Waals surface area contributed by atoms with Crippen LogP contribution in [0.1, 0.15) is 16.7 Å². The number of anilines is 3. The van der Waals surface area contributed by atoms with E-state index in [2.05, 4.69) is 30.6 Å². The lowest BCUT2D eigenvalue weighted by molar-refractivity contribution is -0.274. The molecule has 0 spiro atoms. The molecule has 5 N–H and O–H groups in total. The molecule has 0 atom stereocenters. The molecule has 13 heteroatoms. The van der Waals surface area contributed by atoms with Crippen LogP contribution in [0.25, 0.3) is 11.3 Å². The summed E-state index contributed by atoms with van der Waals surface area (Å²) in [5, 5.41) is 20.7. The van der Waals surface area contributed by atoms with Gasteiger partial charge in [-0.15, -0.1) is 18.3 Å². The minimum Gasteiger partial charge on any atom is -0.406 e. The predicted molar refractivity (Wildman–Crippen MR) is 174 cm³/mol. The Balaban J connectivity index is 1.52. The number of carbonyl (C=O) groups is 1. The molecule has 47 heavy (non-hydrogen) atoms. The molecular weight excluding hydrogens is 609 g/mol. The van der Waals surface area contributed by atoms with Crippen LogP contribution in [0.5, 0.6) is 5.75 Å². The summed E-state index contributed by atoms with van der Waals surface area (Å²) < 4.78 is 41.6. The number of nitrogens with zero attached hydrogens (tertiary/aromatic N) is 4. The highest BCUT2D eigenvalue weighted by atomic mass is 19.4. The fourth-order valence-electron chi connectivity index (χ4n) is 4.77. The largest absolute Gasteiger partial charge is 0.573 e. The van der Waals surface area contributed by atoms with Crippen molar-refractivity contribution in [3.05, 3.63) is 138 Å². The van der Waals surface area contributed by atoms with Crippen molar-refractivity contribution in [1.29, 1.82) is 5.41 Å². The van der Waals surface area contributed by atoms with E-state index in [1.165, 1.54) is 12.1 Å². The lowest BCUT2D eigenvalue weighted by Gasteiger charge is -2.26. The molecule has 0 aliphatic rings. The molecule has 0 unspecified atom stereocenters. The van der Waals surface area contributed by atoms with Gasteiger partial charge in [0.2, 0.25) is 0 Å². The summed E-state index contributed by atoms with van der Waals surface area (Å²) in [6.45, 7) is 0.978. The first-order valence-electron chi connectivity index (χ1n) is 14.2. The number of amides is 2. The highest BCUT2D eigenvalue weighted by Gasteiger charge is 2.31. The lowest BCUT2D eigenvalue weighted by Crippen LogP contribution is -2.24. The fourth-order valence-corrected chi connectivity index (χ4v) is 4.77. The number of hydrogen-bond acceptors (Lipinski definition) is 6. The number of benzene rings is 4. The third-order valence-electron chi connectivity index (χ3n) is 6.79. The second-order valence-electron chi connectivity index (χ2n) is 10.2. The molecule has 4 aromatic carbocycles. The van der Waals surface area contributed by atoms with Crippen LogP contribution in [-0.4, -0.2) is 23.2 Å². The molecule has 10 nitrogen and oxygen atoms in total. The molecule has 0 radical (unpaired) electrons. The van der Waals surface area contributed by atoms with Crippen LogP contribution in [0, 0.1) is 5.41 Å². The molecule has 0 aliphatic carbocycles. The van der Waals surface area contributed by atoms with Crippen molar-refractivity contribution in [1.82, 2.24) is 4.98 Å². The Bertz CT molecular complexity index is 1810. The van der Waals surface area contributed by atoms with E-state index in [0.717, 1.165) is 23.3 Å². The van der Waals surface area contributed by atoms with Gasteiger partial charge in [-0.1, -0.05) is 90.2 Å². The van der Waals surface area contributed by atoms with E-state index < -0.39 is 18.1 Å². The molecule has 5 aromatic rings. The van der Waals surface area contributed by atoms with Gasteiger partial charge in [-0.3, -0.25) is 5.41 Å². The number of pyridine rings is 1. The van der Waals surface area contributed by atoms with Crippen LogP contribution in [0.4, 0.5) is 35.2 Å². The monoisotopic (exact) mass is 638 g/mol. The zero-order valence-corrected chi connectivity index (χ0v) is 24.8. The van der Waals surface area contributed by atoms with Gasteiger partial charge in [-0.25, -0.2) is 9.78 Å². The topological polar surface area (TPSA) is 141 Å². The summed E-state index contributed by atoms with van der Waals surface area (Å²) >= 11 is 0. The Kier molecular flexibility index (Phi) is 10.1. The van der Waals surface area contributed by atoms with Crippen LogP contribution in [0.3, 0.4) is 0 Å². The number of alkyl halides is 3. The maximum Gasteiger partial charge on any atom is 0.573 e. The minimum absolute atomic E-state index is 0.175. The van der Waals surface area contributed by atoms with Gasteiger partial charge in [0, 0.05) is 41.7 Å². The van der Waals surface area contributed by atoms with Crippen molar-refractivity contribution < 1.29 is 22.7 Å². The third-order valence-corrected chi connectivity index (χ3v) is 6.79. The molecule has 2 amide bonds. The van der Waals surface area contributed by atoms with Gasteiger partial charge in [0.15, 0.2) is 5.84 Å². The number of carbonyl (C=O) groups excluding carboxylic acids is 1. The van der Waals surface area contributed by atoms with E-state index in [-0.39, 0.29) is 11.5 Å². The van der Waals surface area contributed by atoms with Crippen molar-refractivity contribution in [3.63, 3.8) is 0 Å². The van der Waals surface area contributed by atoms with Crippen LogP contribution in [-0.2, 0) is 13.1 Å². The highest BCUT2D eigenvalue weighted by molar-refractivity contribution is 6.03. The van der Waals surface area contributed by atoms with Crippen molar-refractivity contribution in [3.8, 4) is 17.0 Å². The standard InChI is InChI=1S/C34H29F3N8O2/c35-34(36,37)47-27-17-15-25(16-18-27)40-33(46)41-26-19-30(28-13-7-8-14-29(28)32(38)43-44-39)42-31(20-26)45(21-23-9-3-1-4-10-23)22-24-11-5-2-6-12-24/h1-20H,21-22H2,(H3,38,39,43)(H2,40,41,42,46). The van der Waals surface area contributed by atoms with E-state index >= 15 is 0 Å². The number of ether oxygens (including phenoxy) is 1. The van der Waals surface area contributed by atoms with Crippen LogP contribution in [0.2, 0.25) is 0 Å². The number of hydrogen-bond donors (Lipinski definition) is 4. The summed E-state index contributed by atoms with van der Waals surface area (Å²) in [7, 11) is 0. The molecule has 0 saturated carbocycles. The highest BCUT2D eigenvalue weighted by Crippen LogP contribution is 2.31. The lowest BCUT2D eigenvalue weighted by atomic mass is 10.0. The third kappa shape index (κ3) is 9.14. The van der Waals surface area contributed by atoms with Crippen molar-refractivity contribution in [2.24, 2.45) is 16.2 Å². The molecule has 0 bridgehead atoms. The fraction of sp³-hybridized carbons (Fsp3) is 0.0882. The average Bonchev–Trinajstić information content (AvgIpc) is 3.05. The van der Waals surface area contributed by atoms with Crippen LogP contribution < -0.4 is 26.1 Å². The van der Waals surface area contributed by atoms with Gasteiger partial charge < -0.3 is 26.1 Å². The Morgan fingerprint density at radius 1 is 0.809 bits per heavy atom. The predicted octanol–water partition coefficient (Wildman–Crippen LogP) is 8.15. The molecule has 5 rings (SSSR count). The Morgan fingerprint density at radius 2 is 1.38 bits per heavy atom. The van der Waals surface area contributed by atoms with Gasteiger partial charge in [0.05, 0.1) is 5.69 Å². The molecule has 1 aromatic heterocycles. The first-order valence-corrected chi connectivity index (χ1v) is 14.2. The van der Waals surface area contributed by atoms with E-state index in [1.807, 2.05) is 60.7 Å². The number of halogens is 3. The van der Waals surface area contributed by atoms with Gasteiger partial charge in [0.1, 0.15) is 11.6 Å². The summed E-state index contributed by atoms with van der Waals surface area (Å²) in [5.41, 5.74) is 4.08. The molecule has 0 fully saturated rings. The van der Waals surface area contributed by atoms with Crippen molar-refractivity contribution >= 4 is 29.1 Å². The van der Waals surface area contributed by atoms with Gasteiger partial charge in [-0.05, 0) is 41.5 Å². The zero-order chi connectivity index (χ0) is 33.2. The first kappa shape index (κ1) is 32.2.